The van der Waals surface area contributed by atoms with Crippen molar-refractivity contribution in [1.82, 2.24) is 24.6 Å². The minimum atomic E-state index is -4.65. The highest BCUT2D eigenvalue weighted by atomic mass is 32.2. The summed E-state index contributed by atoms with van der Waals surface area (Å²) in [5, 5.41) is 3.36. The van der Waals surface area contributed by atoms with Crippen LogP contribution in [0.1, 0.15) is 37.0 Å². The van der Waals surface area contributed by atoms with Crippen LogP contribution in [0.3, 0.4) is 0 Å². The predicted molar refractivity (Wildman–Crippen MR) is 122 cm³/mol. The Labute approximate surface area is 189 Å². The molecule has 0 bridgehead atoms. The van der Waals surface area contributed by atoms with Gasteiger partial charge in [-0.2, -0.15) is 29.9 Å². The molecule has 0 amide bonds. The van der Waals surface area contributed by atoms with Gasteiger partial charge in [-0.1, -0.05) is 31.1 Å². The highest BCUT2D eigenvalue weighted by molar-refractivity contribution is 7.98. The summed E-state index contributed by atoms with van der Waals surface area (Å²) in [4.78, 5) is 10.4. The summed E-state index contributed by atoms with van der Waals surface area (Å²) in [5.41, 5.74) is 2.75. The highest BCUT2D eigenvalue weighted by Crippen LogP contribution is 2.28. The maximum Gasteiger partial charge on any atom is 0.471 e. The summed E-state index contributed by atoms with van der Waals surface area (Å²) in [6.07, 6.45) is 1.33. The molecule has 174 valence electrons. The zero-order valence-corrected chi connectivity index (χ0v) is 19.7. The smallest absolute Gasteiger partial charge is 0.329 e. The number of imidazole rings is 1. The molecule has 0 spiro atoms. The normalized spacial score (nSPS) is 13.2. The third-order valence-corrected chi connectivity index (χ3v) is 5.43. The van der Waals surface area contributed by atoms with E-state index < -0.39 is 12.1 Å². The number of alkyl halides is 3. The SMILES string of the molecule is CSCCc1nc2cc(/C=C/c3noc(C(F)(F)F)n3)ccc2n1CC(C)(C)CN(C)C. The van der Waals surface area contributed by atoms with E-state index in [1.165, 1.54) is 6.08 Å². The Morgan fingerprint density at radius 1 is 1.16 bits per heavy atom. The van der Waals surface area contributed by atoms with E-state index >= 15 is 0 Å². The van der Waals surface area contributed by atoms with Crippen molar-refractivity contribution in [1.29, 1.82) is 0 Å². The summed E-state index contributed by atoms with van der Waals surface area (Å²) in [5.74, 6) is 0.526. The first-order valence-electron chi connectivity index (χ1n) is 10.2. The highest BCUT2D eigenvalue weighted by Gasteiger charge is 2.38. The molecule has 3 rings (SSSR count). The predicted octanol–water partition coefficient (Wildman–Crippen LogP) is 5.10. The molecule has 0 aliphatic carbocycles. The van der Waals surface area contributed by atoms with Crippen LogP contribution in [0.4, 0.5) is 13.2 Å². The number of hydrogen-bond acceptors (Lipinski definition) is 6. The quantitative estimate of drug-likeness (QED) is 0.436. The fourth-order valence-corrected chi connectivity index (χ4v) is 4.17. The van der Waals surface area contributed by atoms with E-state index in [1.54, 1.807) is 17.8 Å². The zero-order chi connectivity index (χ0) is 23.5. The number of thioether (sulfide) groups is 1. The molecule has 1 aromatic carbocycles. The molecular formula is C22H28F3N5OS. The van der Waals surface area contributed by atoms with Gasteiger partial charge >= 0.3 is 12.1 Å². The van der Waals surface area contributed by atoms with E-state index in [9.17, 15) is 13.2 Å². The van der Waals surface area contributed by atoms with E-state index in [4.69, 9.17) is 4.98 Å². The fourth-order valence-electron chi connectivity index (χ4n) is 3.78. The van der Waals surface area contributed by atoms with Gasteiger partial charge in [-0.05, 0) is 49.5 Å². The van der Waals surface area contributed by atoms with Gasteiger partial charge in [0.05, 0.1) is 11.0 Å². The number of hydrogen-bond donors (Lipinski definition) is 0. The summed E-state index contributed by atoms with van der Waals surface area (Å²) in [7, 11) is 4.14. The Morgan fingerprint density at radius 3 is 2.53 bits per heavy atom. The van der Waals surface area contributed by atoms with Gasteiger partial charge in [0.15, 0.2) is 5.82 Å². The van der Waals surface area contributed by atoms with Gasteiger partial charge < -0.3 is 14.0 Å². The number of fused-ring (bicyclic) bond motifs is 1. The Morgan fingerprint density at radius 2 is 1.91 bits per heavy atom. The molecule has 2 aromatic heterocycles. The number of aryl methyl sites for hydroxylation is 1. The molecule has 2 heterocycles. The van der Waals surface area contributed by atoms with Crippen molar-refractivity contribution in [2.75, 3.05) is 32.6 Å². The fraction of sp³-hybridized carbons (Fsp3) is 0.500. The van der Waals surface area contributed by atoms with Crippen LogP contribution in [-0.4, -0.2) is 57.2 Å². The molecule has 0 unspecified atom stereocenters. The van der Waals surface area contributed by atoms with Gasteiger partial charge in [0, 0.05) is 25.3 Å². The molecule has 32 heavy (non-hydrogen) atoms. The molecule has 6 nitrogen and oxygen atoms in total. The Kier molecular flexibility index (Phi) is 7.34. The molecule has 0 saturated carbocycles. The van der Waals surface area contributed by atoms with Crippen molar-refractivity contribution in [2.24, 2.45) is 5.41 Å². The van der Waals surface area contributed by atoms with Gasteiger partial charge in [0.1, 0.15) is 5.82 Å². The maximum atomic E-state index is 12.6. The summed E-state index contributed by atoms with van der Waals surface area (Å²) in [6.45, 7) is 6.27. The van der Waals surface area contributed by atoms with Crippen molar-refractivity contribution in [2.45, 2.75) is 33.0 Å². The first-order chi connectivity index (χ1) is 15.0. The third-order valence-electron chi connectivity index (χ3n) is 4.82. The maximum absolute atomic E-state index is 12.6. The third kappa shape index (κ3) is 6.13. The molecule has 0 atom stereocenters. The van der Waals surface area contributed by atoms with Crippen LogP contribution in [0, 0.1) is 5.41 Å². The van der Waals surface area contributed by atoms with Crippen LogP contribution < -0.4 is 0 Å². The summed E-state index contributed by atoms with van der Waals surface area (Å²) < 4.78 is 44.4. The van der Waals surface area contributed by atoms with Crippen molar-refractivity contribution >= 4 is 34.9 Å². The second-order valence-electron chi connectivity index (χ2n) is 8.80. The average Bonchev–Trinajstić information content (AvgIpc) is 3.28. The first-order valence-corrected chi connectivity index (χ1v) is 11.6. The lowest BCUT2D eigenvalue weighted by Gasteiger charge is -2.29. The molecule has 0 aliphatic rings. The monoisotopic (exact) mass is 467 g/mol. The molecule has 0 fully saturated rings. The summed E-state index contributed by atoms with van der Waals surface area (Å²) >= 11 is 1.78. The standard InChI is InChI=1S/C22H28F3N5OS/c1-21(2,13-29(3)4)14-30-17-8-6-15(12-16(17)26-19(30)10-11-32-5)7-9-18-27-20(31-28-18)22(23,24)25/h6-9,12H,10-11,13-14H2,1-5H3/b9-7+. The van der Waals surface area contributed by atoms with E-state index in [1.807, 2.05) is 18.2 Å². The second-order valence-corrected chi connectivity index (χ2v) is 9.78. The number of benzene rings is 1. The van der Waals surface area contributed by atoms with Crippen LogP contribution >= 0.6 is 11.8 Å². The van der Waals surface area contributed by atoms with E-state index in [-0.39, 0.29) is 11.2 Å². The molecule has 0 radical (unpaired) electrons. The van der Waals surface area contributed by atoms with E-state index in [2.05, 4.69) is 58.3 Å². The van der Waals surface area contributed by atoms with Crippen molar-refractivity contribution in [3.8, 4) is 0 Å². The largest absolute Gasteiger partial charge is 0.471 e. The lowest BCUT2D eigenvalue weighted by molar-refractivity contribution is -0.159. The number of aromatic nitrogens is 4. The number of nitrogens with zero attached hydrogens (tertiary/aromatic N) is 5. The number of rotatable bonds is 9. The van der Waals surface area contributed by atoms with Crippen molar-refractivity contribution < 1.29 is 17.7 Å². The van der Waals surface area contributed by atoms with E-state index in [0.717, 1.165) is 47.7 Å². The van der Waals surface area contributed by atoms with Gasteiger partial charge in [-0.25, -0.2) is 4.98 Å². The Bertz CT molecular complexity index is 1090. The summed E-state index contributed by atoms with van der Waals surface area (Å²) in [6, 6.07) is 5.85. The topological polar surface area (TPSA) is 60.0 Å². The van der Waals surface area contributed by atoms with Crippen LogP contribution in [0.25, 0.3) is 23.2 Å². The molecule has 10 heteroatoms. The molecule has 0 saturated heterocycles. The van der Waals surface area contributed by atoms with Gasteiger partial charge in [-0.3, -0.25) is 0 Å². The lowest BCUT2D eigenvalue weighted by Crippen LogP contribution is -2.32. The Balaban J connectivity index is 1.90. The van der Waals surface area contributed by atoms with Crippen molar-refractivity contribution in [3.63, 3.8) is 0 Å². The minimum absolute atomic E-state index is 0.0542. The molecule has 0 aliphatic heterocycles. The lowest BCUT2D eigenvalue weighted by atomic mass is 9.92. The molecule has 0 N–H and O–H groups in total. The first kappa shape index (κ1) is 24.3. The van der Waals surface area contributed by atoms with Crippen LogP contribution in [0.2, 0.25) is 0 Å². The van der Waals surface area contributed by atoms with Crippen LogP contribution in [0.15, 0.2) is 22.7 Å². The average molecular weight is 468 g/mol. The Hall–Kier alpha value is -2.33. The number of halogens is 3. The second kappa shape index (κ2) is 9.66. The van der Waals surface area contributed by atoms with Gasteiger partial charge in [0.2, 0.25) is 0 Å². The van der Waals surface area contributed by atoms with Crippen molar-refractivity contribution in [3.05, 3.63) is 41.3 Å². The van der Waals surface area contributed by atoms with Crippen LogP contribution in [0.5, 0.6) is 0 Å². The molecular weight excluding hydrogens is 439 g/mol. The minimum Gasteiger partial charge on any atom is -0.329 e. The van der Waals surface area contributed by atoms with Gasteiger partial charge in [0.25, 0.3) is 0 Å². The van der Waals surface area contributed by atoms with Crippen LogP contribution in [-0.2, 0) is 19.1 Å². The molecule has 3 aromatic rings. The van der Waals surface area contributed by atoms with E-state index in [0.29, 0.717) is 0 Å². The van der Waals surface area contributed by atoms with Gasteiger partial charge in [-0.15, -0.1) is 0 Å². The zero-order valence-electron chi connectivity index (χ0n) is 18.9.